The van der Waals surface area contributed by atoms with Gasteiger partial charge < -0.3 is 24.6 Å². The van der Waals surface area contributed by atoms with Crippen LogP contribution in [-0.4, -0.2) is 78.1 Å². The first-order chi connectivity index (χ1) is 16.5. The van der Waals surface area contributed by atoms with Crippen LogP contribution in [0.3, 0.4) is 0 Å². The predicted molar refractivity (Wildman–Crippen MR) is 131 cm³/mol. The molecule has 2 aliphatic heterocycles. The fourth-order valence-corrected chi connectivity index (χ4v) is 4.46. The lowest BCUT2D eigenvalue weighted by Gasteiger charge is -2.34. The molecule has 1 unspecified atom stereocenters. The summed E-state index contributed by atoms with van der Waals surface area (Å²) in [4.78, 5) is 53.0. The first kappa shape index (κ1) is 28.5. The van der Waals surface area contributed by atoms with Crippen molar-refractivity contribution in [2.24, 2.45) is 11.8 Å². The Kier molecular flexibility index (Phi) is 10.9. The lowest BCUT2D eigenvalue weighted by molar-refractivity contribution is -0.143. The third-order valence-corrected chi connectivity index (χ3v) is 6.37. The summed E-state index contributed by atoms with van der Waals surface area (Å²) in [5.41, 5.74) is -0.508. The highest BCUT2D eigenvalue weighted by molar-refractivity contribution is 5.82. The summed E-state index contributed by atoms with van der Waals surface area (Å²) >= 11 is 0. The average molecular weight is 492 g/mol. The summed E-state index contributed by atoms with van der Waals surface area (Å²) in [6.45, 7) is 9.82. The molecule has 2 fully saturated rings. The van der Waals surface area contributed by atoms with E-state index in [1.54, 1.807) is 16.7 Å². The van der Waals surface area contributed by atoms with E-state index in [-0.39, 0.29) is 36.9 Å². The van der Waals surface area contributed by atoms with Crippen LogP contribution in [0.2, 0.25) is 0 Å². The van der Waals surface area contributed by atoms with Gasteiger partial charge in [0.25, 0.3) is 0 Å². The molecule has 0 aromatic carbocycles. The van der Waals surface area contributed by atoms with E-state index in [0.717, 1.165) is 25.7 Å². The largest absolute Gasteiger partial charge is 0.466 e. The van der Waals surface area contributed by atoms with Crippen LogP contribution in [0.5, 0.6) is 0 Å². The van der Waals surface area contributed by atoms with Crippen molar-refractivity contribution < 1.29 is 28.7 Å². The van der Waals surface area contributed by atoms with Crippen LogP contribution < -0.4 is 5.32 Å². The van der Waals surface area contributed by atoms with Crippen LogP contribution in [0.1, 0.15) is 72.6 Å². The minimum absolute atomic E-state index is 0.0529. The molecule has 3 amide bonds. The van der Waals surface area contributed by atoms with E-state index >= 15 is 0 Å². The number of likely N-dealkylation sites (tertiary alicyclic amines) is 2. The van der Waals surface area contributed by atoms with Crippen molar-refractivity contribution in [3.63, 3.8) is 0 Å². The maximum Gasteiger partial charge on any atom is 0.410 e. The third kappa shape index (κ3) is 9.79. The molecule has 2 saturated heterocycles. The molecule has 0 aromatic rings. The second-order valence-electron chi connectivity index (χ2n) is 10.4. The predicted octanol–water partition coefficient (Wildman–Crippen LogP) is 2.72. The highest BCUT2D eigenvalue weighted by Crippen LogP contribution is 2.25. The summed E-state index contributed by atoms with van der Waals surface area (Å²) in [6.07, 6.45) is 9.45. The van der Waals surface area contributed by atoms with Crippen LogP contribution in [0, 0.1) is 24.2 Å². The number of piperidine rings is 2. The Hall–Kier alpha value is -2.76. The normalized spacial score (nSPS) is 19.9. The first-order valence-electron chi connectivity index (χ1n) is 12.7. The Balaban J connectivity index is 1.75. The third-order valence-electron chi connectivity index (χ3n) is 6.37. The molecule has 0 aromatic heterocycles. The van der Waals surface area contributed by atoms with Crippen LogP contribution in [0.4, 0.5) is 4.79 Å². The topological polar surface area (TPSA) is 105 Å². The number of ether oxygens (including phenoxy) is 2. The molecule has 0 spiro atoms. The van der Waals surface area contributed by atoms with Gasteiger partial charge in [-0.15, -0.1) is 6.42 Å². The molecule has 9 heteroatoms. The minimum Gasteiger partial charge on any atom is -0.466 e. The van der Waals surface area contributed by atoms with Gasteiger partial charge in [-0.3, -0.25) is 14.4 Å². The van der Waals surface area contributed by atoms with Gasteiger partial charge in [-0.05, 0) is 65.7 Å². The summed E-state index contributed by atoms with van der Waals surface area (Å²) in [5, 5.41) is 2.74. The number of esters is 1. The smallest absolute Gasteiger partial charge is 0.410 e. The lowest BCUT2D eigenvalue weighted by atomic mass is 9.91. The van der Waals surface area contributed by atoms with E-state index < -0.39 is 17.6 Å². The highest BCUT2D eigenvalue weighted by atomic mass is 16.6. The molecule has 9 nitrogen and oxygen atoms in total. The Morgan fingerprint density at radius 2 is 1.77 bits per heavy atom. The van der Waals surface area contributed by atoms with Gasteiger partial charge in [-0.2, -0.15) is 0 Å². The Morgan fingerprint density at radius 1 is 1.09 bits per heavy atom. The fourth-order valence-electron chi connectivity index (χ4n) is 4.46. The number of rotatable bonds is 8. The van der Waals surface area contributed by atoms with E-state index in [2.05, 4.69) is 11.2 Å². The summed E-state index contributed by atoms with van der Waals surface area (Å²) in [6, 6.07) is -0.723. The van der Waals surface area contributed by atoms with Crippen molar-refractivity contribution >= 4 is 23.9 Å². The average Bonchev–Trinajstić information content (AvgIpc) is 2.81. The van der Waals surface area contributed by atoms with Gasteiger partial charge in [0.05, 0.1) is 18.9 Å². The van der Waals surface area contributed by atoms with Gasteiger partial charge in [0, 0.05) is 32.6 Å². The number of amides is 3. The monoisotopic (exact) mass is 491 g/mol. The molecule has 0 aliphatic carbocycles. The van der Waals surface area contributed by atoms with Gasteiger partial charge in [0.1, 0.15) is 11.6 Å². The van der Waals surface area contributed by atoms with Crippen LogP contribution in [-0.2, 0) is 23.9 Å². The Labute approximate surface area is 209 Å². The van der Waals surface area contributed by atoms with Gasteiger partial charge >= 0.3 is 12.1 Å². The summed E-state index contributed by atoms with van der Waals surface area (Å²) in [5.74, 6) is 1.84. The molecule has 2 aliphatic rings. The second-order valence-corrected chi connectivity index (χ2v) is 10.4. The minimum atomic E-state index is -0.723. The molecule has 0 radical (unpaired) electrons. The van der Waals surface area contributed by atoms with Crippen molar-refractivity contribution in [3.8, 4) is 12.3 Å². The lowest BCUT2D eigenvalue weighted by Crippen LogP contribution is -2.47. The zero-order chi connectivity index (χ0) is 26.0. The maximum atomic E-state index is 12.9. The summed E-state index contributed by atoms with van der Waals surface area (Å²) < 4.78 is 10.3. The molecule has 0 bridgehead atoms. The second kappa shape index (κ2) is 13.4. The van der Waals surface area contributed by atoms with Crippen LogP contribution >= 0.6 is 0 Å². The Morgan fingerprint density at radius 3 is 2.37 bits per heavy atom. The molecule has 1 N–H and O–H groups in total. The number of hydrogen-bond acceptors (Lipinski definition) is 6. The van der Waals surface area contributed by atoms with Gasteiger partial charge in [-0.25, -0.2) is 4.79 Å². The van der Waals surface area contributed by atoms with Gasteiger partial charge in [-0.1, -0.05) is 5.92 Å². The molecule has 35 heavy (non-hydrogen) atoms. The fraction of sp³-hybridized carbons (Fsp3) is 0.769. The SMILES string of the molecule is C#CC(CC(=O)OCC)NC(=O)[C@H]1CCCN(C(=O)CCC2CCN(C(=O)OC(C)(C)C)CC2)C1. The van der Waals surface area contributed by atoms with E-state index in [4.69, 9.17) is 15.9 Å². The number of carbonyl (C=O) groups is 4. The van der Waals surface area contributed by atoms with Crippen molar-refractivity contribution in [1.82, 2.24) is 15.1 Å². The maximum absolute atomic E-state index is 12.9. The van der Waals surface area contributed by atoms with Crippen LogP contribution in [0.15, 0.2) is 0 Å². The number of carbonyl (C=O) groups excluding carboxylic acids is 4. The number of hydrogen-bond donors (Lipinski definition) is 1. The van der Waals surface area contributed by atoms with Crippen molar-refractivity contribution in [2.45, 2.75) is 84.3 Å². The zero-order valence-corrected chi connectivity index (χ0v) is 21.6. The molecular formula is C26H41N3O6. The standard InChI is InChI=1S/C26H41N3O6/c1-6-21(17-23(31)34-7-2)27-24(32)20-9-8-14-29(18-20)22(30)11-10-19-12-15-28(16-13-19)25(33)35-26(3,4)5/h1,19-21H,7-18H2,2-5H3,(H,27,32)/t20-,21?/m0/s1. The van der Waals surface area contributed by atoms with Crippen molar-refractivity contribution in [2.75, 3.05) is 32.8 Å². The molecule has 0 saturated carbocycles. The van der Waals surface area contributed by atoms with E-state index in [0.29, 0.717) is 44.9 Å². The Bertz CT molecular complexity index is 792. The van der Waals surface area contributed by atoms with Crippen molar-refractivity contribution in [3.05, 3.63) is 0 Å². The number of terminal acetylenes is 1. The number of nitrogens with one attached hydrogen (secondary N) is 1. The number of nitrogens with zero attached hydrogens (tertiary/aromatic N) is 2. The summed E-state index contributed by atoms with van der Waals surface area (Å²) in [7, 11) is 0. The molecule has 2 atom stereocenters. The van der Waals surface area contributed by atoms with E-state index in [9.17, 15) is 19.2 Å². The van der Waals surface area contributed by atoms with Gasteiger partial charge in [0.15, 0.2) is 0 Å². The molecule has 196 valence electrons. The van der Waals surface area contributed by atoms with Gasteiger partial charge in [0.2, 0.25) is 11.8 Å². The molecular weight excluding hydrogens is 450 g/mol. The zero-order valence-electron chi connectivity index (χ0n) is 21.6. The molecule has 2 heterocycles. The highest BCUT2D eigenvalue weighted by Gasteiger charge is 2.31. The van der Waals surface area contributed by atoms with E-state index in [1.165, 1.54) is 0 Å². The first-order valence-corrected chi connectivity index (χ1v) is 12.7. The quantitative estimate of drug-likeness (QED) is 0.413. The molecule has 2 rings (SSSR count). The van der Waals surface area contributed by atoms with Crippen molar-refractivity contribution in [1.29, 1.82) is 0 Å². The van der Waals surface area contributed by atoms with E-state index in [1.807, 2.05) is 20.8 Å². The van der Waals surface area contributed by atoms with Crippen LogP contribution in [0.25, 0.3) is 0 Å².